The number of pyridine rings is 1. The first-order chi connectivity index (χ1) is 14.4. The third-order valence-electron chi connectivity index (χ3n) is 4.77. The maximum Gasteiger partial charge on any atom is 0.238 e. The van der Waals surface area contributed by atoms with Gasteiger partial charge in [-0.05, 0) is 43.2 Å². The van der Waals surface area contributed by atoms with E-state index in [9.17, 15) is 9.59 Å². The first kappa shape index (κ1) is 21.7. The van der Waals surface area contributed by atoms with Crippen molar-refractivity contribution >= 4 is 45.0 Å². The highest BCUT2D eigenvalue weighted by atomic mass is 16.2. The first-order valence-corrected chi connectivity index (χ1v) is 10.4. The minimum absolute atomic E-state index is 0.0787. The molecule has 1 aromatic heterocycles. The third-order valence-corrected chi connectivity index (χ3v) is 4.77. The lowest BCUT2D eigenvalue weighted by atomic mass is 10.1. The highest BCUT2D eigenvalue weighted by Crippen LogP contribution is 2.26. The quantitative estimate of drug-likeness (QED) is 0.437. The summed E-state index contributed by atoms with van der Waals surface area (Å²) in [5.74, 6) is -0.157. The lowest BCUT2D eigenvalue weighted by Gasteiger charge is -2.23. The van der Waals surface area contributed by atoms with Crippen LogP contribution in [0.2, 0.25) is 0 Å². The third kappa shape index (κ3) is 4.75. The van der Waals surface area contributed by atoms with Crippen molar-refractivity contribution in [3.8, 4) is 0 Å². The molecular formula is C23H29N5O2. The largest absolute Gasteiger partial charge is 0.273 e. The Kier molecular flexibility index (Phi) is 6.97. The molecule has 0 radical (unpaired) electrons. The number of aromatic nitrogens is 1. The minimum atomic E-state index is -0.0787. The molecule has 0 spiro atoms. The Morgan fingerprint density at radius 3 is 1.57 bits per heavy atom. The Morgan fingerprint density at radius 2 is 1.20 bits per heavy atom. The predicted molar refractivity (Wildman–Crippen MR) is 122 cm³/mol. The molecule has 1 heterocycles. The van der Waals surface area contributed by atoms with Gasteiger partial charge in [-0.1, -0.05) is 26.0 Å². The number of nitrogens with zero attached hydrogens (tertiary/aromatic N) is 3. The van der Waals surface area contributed by atoms with Gasteiger partial charge < -0.3 is 0 Å². The highest BCUT2D eigenvalue weighted by molar-refractivity contribution is 5.99. The lowest BCUT2D eigenvalue weighted by Crippen LogP contribution is -2.42. The van der Waals surface area contributed by atoms with Gasteiger partial charge in [0, 0.05) is 37.7 Å². The Balaban J connectivity index is 2.03. The molecule has 0 aliphatic carbocycles. The average molecular weight is 408 g/mol. The van der Waals surface area contributed by atoms with E-state index in [-0.39, 0.29) is 11.8 Å². The molecule has 3 rings (SSSR count). The van der Waals surface area contributed by atoms with Crippen LogP contribution in [0.1, 0.15) is 40.5 Å². The summed E-state index contributed by atoms with van der Waals surface area (Å²) < 4.78 is 0. The zero-order valence-electron chi connectivity index (χ0n) is 18.0. The number of rotatable bonds is 8. The Hall–Kier alpha value is -3.03. The molecule has 0 fully saturated rings. The van der Waals surface area contributed by atoms with Crippen molar-refractivity contribution in [1.29, 1.82) is 0 Å². The highest BCUT2D eigenvalue weighted by Gasteiger charge is 2.14. The van der Waals surface area contributed by atoms with Crippen molar-refractivity contribution in [2.75, 3.05) is 23.1 Å². The van der Waals surface area contributed by atoms with Gasteiger partial charge in [-0.15, -0.1) is 0 Å². The number of hydrazine groups is 2. The fourth-order valence-corrected chi connectivity index (χ4v) is 3.29. The summed E-state index contributed by atoms with van der Waals surface area (Å²) in [4.78, 5) is 28.9. The Bertz CT molecular complexity index is 985. The summed E-state index contributed by atoms with van der Waals surface area (Å²) in [5, 5.41) is 5.09. The van der Waals surface area contributed by atoms with E-state index in [1.807, 2.05) is 36.4 Å². The van der Waals surface area contributed by atoms with Crippen LogP contribution in [0.15, 0.2) is 42.5 Å². The number of nitrogens with one attached hydrogen (secondary N) is 2. The summed E-state index contributed by atoms with van der Waals surface area (Å²) in [6.07, 6.45) is 1.84. The van der Waals surface area contributed by atoms with E-state index < -0.39 is 0 Å². The number of hydrogen-bond acceptors (Lipinski definition) is 5. The molecule has 0 bridgehead atoms. The van der Waals surface area contributed by atoms with E-state index >= 15 is 0 Å². The number of amides is 2. The van der Waals surface area contributed by atoms with Crippen molar-refractivity contribution < 1.29 is 9.59 Å². The molecule has 7 heteroatoms. The van der Waals surface area contributed by atoms with Gasteiger partial charge in [-0.25, -0.2) is 25.9 Å². The number of anilines is 2. The summed E-state index contributed by atoms with van der Waals surface area (Å²) in [7, 11) is 0. The molecule has 30 heavy (non-hydrogen) atoms. The molecule has 7 nitrogen and oxygen atoms in total. The van der Waals surface area contributed by atoms with Crippen LogP contribution < -0.4 is 20.9 Å². The second-order valence-electron chi connectivity index (χ2n) is 7.27. The molecule has 158 valence electrons. The minimum Gasteiger partial charge on any atom is -0.273 e. The standard InChI is InChI=1S/C23H29N5O2/c1-5-11-24-27(16(3)29)20-9-7-18-13-19-8-10-21(15-23(19)26-22(18)14-20)28(17(4)30)25-12-6-2/h7-10,13-15,24-25H,5-6,11-12H2,1-4H3. The van der Waals surface area contributed by atoms with Gasteiger partial charge in [0.05, 0.1) is 22.4 Å². The van der Waals surface area contributed by atoms with Crippen molar-refractivity contribution in [1.82, 2.24) is 15.8 Å². The number of hydrogen-bond donors (Lipinski definition) is 2. The second kappa shape index (κ2) is 9.65. The molecule has 0 saturated heterocycles. The normalized spacial score (nSPS) is 11.1. The summed E-state index contributed by atoms with van der Waals surface area (Å²) in [5.41, 5.74) is 9.37. The zero-order chi connectivity index (χ0) is 21.7. The molecule has 0 aliphatic heterocycles. The van der Waals surface area contributed by atoms with Crippen LogP contribution in [-0.4, -0.2) is 29.9 Å². The van der Waals surface area contributed by atoms with E-state index in [1.54, 1.807) is 10.0 Å². The van der Waals surface area contributed by atoms with Crippen molar-refractivity contribution in [2.45, 2.75) is 40.5 Å². The van der Waals surface area contributed by atoms with Crippen LogP contribution in [0.4, 0.5) is 11.4 Å². The molecule has 0 aliphatic rings. The Morgan fingerprint density at radius 1 is 0.767 bits per heavy atom. The van der Waals surface area contributed by atoms with Crippen molar-refractivity contribution in [3.63, 3.8) is 0 Å². The number of benzene rings is 2. The summed E-state index contributed by atoms with van der Waals surface area (Å²) in [6, 6.07) is 13.7. The smallest absolute Gasteiger partial charge is 0.238 e. The maximum atomic E-state index is 12.1. The van der Waals surface area contributed by atoms with Gasteiger partial charge in [0.2, 0.25) is 11.8 Å². The Labute approximate surface area is 177 Å². The molecule has 0 atom stereocenters. The molecular weight excluding hydrogens is 378 g/mol. The topological polar surface area (TPSA) is 77.6 Å². The van der Waals surface area contributed by atoms with Crippen LogP contribution in [0.25, 0.3) is 21.8 Å². The van der Waals surface area contributed by atoms with Gasteiger partial charge >= 0.3 is 0 Å². The molecule has 0 unspecified atom stereocenters. The predicted octanol–water partition coefficient (Wildman–Crippen LogP) is 3.92. The van der Waals surface area contributed by atoms with Crippen LogP contribution >= 0.6 is 0 Å². The van der Waals surface area contributed by atoms with Gasteiger partial charge in [-0.3, -0.25) is 9.59 Å². The van der Waals surface area contributed by atoms with E-state index in [1.165, 1.54) is 13.8 Å². The van der Waals surface area contributed by atoms with Gasteiger partial charge in [0.25, 0.3) is 0 Å². The first-order valence-electron chi connectivity index (χ1n) is 10.4. The second-order valence-corrected chi connectivity index (χ2v) is 7.27. The number of fused-ring (bicyclic) bond motifs is 2. The van der Waals surface area contributed by atoms with Crippen LogP contribution in [0.3, 0.4) is 0 Å². The van der Waals surface area contributed by atoms with Crippen LogP contribution in [0.5, 0.6) is 0 Å². The molecule has 3 aromatic rings. The van der Waals surface area contributed by atoms with Gasteiger partial charge in [-0.2, -0.15) is 0 Å². The maximum absolute atomic E-state index is 12.1. The average Bonchev–Trinajstić information content (AvgIpc) is 2.72. The SMILES string of the molecule is CCCNN(C(C)=O)c1ccc2cc3ccc(N(NCCC)C(C)=O)cc3nc2c1. The van der Waals surface area contributed by atoms with E-state index in [4.69, 9.17) is 4.98 Å². The molecule has 2 amide bonds. The van der Waals surface area contributed by atoms with E-state index in [0.29, 0.717) is 13.1 Å². The zero-order valence-corrected chi connectivity index (χ0v) is 18.0. The van der Waals surface area contributed by atoms with Gasteiger partial charge in [0.15, 0.2) is 0 Å². The number of carbonyl (C=O) groups is 2. The number of carbonyl (C=O) groups excluding carboxylic acids is 2. The van der Waals surface area contributed by atoms with Crippen molar-refractivity contribution in [2.24, 2.45) is 0 Å². The summed E-state index contributed by atoms with van der Waals surface area (Å²) >= 11 is 0. The van der Waals surface area contributed by atoms with Crippen molar-refractivity contribution in [3.05, 3.63) is 42.5 Å². The fraction of sp³-hybridized carbons (Fsp3) is 0.348. The summed E-state index contributed by atoms with van der Waals surface area (Å²) in [6.45, 7) is 8.59. The van der Waals surface area contributed by atoms with Crippen LogP contribution in [0, 0.1) is 0 Å². The van der Waals surface area contributed by atoms with Crippen LogP contribution in [-0.2, 0) is 9.59 Å². The van der Waals surface area contributed by atoms with Gasteiger partial charge in [0.1, 0.15) is 0 Å². The monoisotopic (exact) mass is 407 g/mol. The molecule has 0 saturated carbocycles. The fourth-order valence-electron chi connectivity index (χ4n) is 3.29. The molecule has 2 aromatic carbocycles. The van der Waals surface area contributed by atoms with E-state index in [2.05, 4.69) is 30.8 Å². The van der Waals surface area contributed by atoms with E-state index in [0.717, 1.165) is 46.0 Å². The lowest BCUT2D eigenvalue weighted by molar-refractivity contribution is -0.118. The molecule has 2 N–H and O–H groups in total.